The molecule has 1 atom stereocenters. The van der Waals surface area contributed by atoms with Crippen LogP contribution in [0.4, 0.5) is 0 Å². The second-order valence-electron chi connectivity index (χ2n) is 6.99. The maximum atomic E-state index is 12.6. The van der Waals surface area contributed by atoms with Crippen molar-refractivity contribution in [1.82, 2.24) is 19.8 Å². The van der Waals surface area contributed by atoms with Gasteiger partial charge in [0.1, 0.15) is 0 Å². The molecule has 2 heterocycles. The molecule has 8 nitrogen and oxygen atoms in total. The van der Waals surface area contributed by atoms with Crippen molar-refractivity contribution in [3.8, 4) is 0 Å². The topological polar surface area (TPSA) is 101 Å². The van der Waals surface area contributed by atoms with Gasteiger partial charge in [-0.15, -0.1) is 0 Å². The minimum Gasteiger partial charge on any atom is -0.351 e. The van der Waals surface area contributed by atoms with Gasteiger partial charge in [-0.1, -0.05) is 23.9 Å². The molecule has 10 heteroatoms. The van der Waals surface area contributed by atoms with Crippen molar-refractivity contribution in [2.24, 2.45) is 0 Å². The van der Waals surface area contributed by atoms with Crippen molar-refractivity contribution < 1.29 is 18.0 Å². The van der Waals surface area contributed by atoms with Crippen LogP contribution in [0.2, 0.25) is 0 Å². The summed E-state index contributed by atoms with van der Waals surface area (Å²) in [5, 5.41) is 3.51. The highest BCUT2D eigenvalue weighted by Crippen LogP contribution is 2.24. The SMILES string of the molecule is CCN(CC(=O)NC1CCS(=O)(=O)C1)C(=O)CSc1nc2ccccc2n1CC. The van der Waals surface area contributed by atoms with Gasteiger partial charge in [-0.3, -0.25) is 9.59 Å². The lowest BCUT2D eigenvalue weighted by molar-refractivity contribution is -0.134. The third-order valence-electron chi connectivity index (χ3n) is 4.93. The molecule has 2 amide bonds. The van der Waals surface area contributed by atoms with Gasteiger partial charge < -0.3 is 14.8 Å². The number of benzene rings is 1. The molecule has 0 saturated carbocycles. The van der Waals surface area contributed by atoms with E-state index in [2.05, 4.69) is 14.9 Å². The predicted octanol–water partition coefficient (Wildman–Crippen LogP) is 1.30. The normalized spacial score (nSPS) is 18.1. The van der Waals surface area contributed by atoms with Crippen LogP contribution >= 0.6 is 11.8 Å². The quantitative estimate of drug-likeness (QED) is 0.624. The smallest absolute Gasteiger partial charge is 0.239 e. The van der Waals surface area contributed by atoms with Crippen molar-refractivity contribution >= 4 is 44.4 Å². The molecular weight excluding hydrogens is 412 g/mol. The second-order valence-corrected chi connectivity index (χ2v) is 10.2. The van der Waals surface area contributed by atoms with E-state index in [-0.39, 0.29) is 41.7 Å². The number of thioether (sulfide) groups is 1. The lowest BCUT2D eigenvalue weighted by Gasteiger charge is -2.21. The fraction of sp³-hybridized carbons (Fsp3) is 0.526. The Kier molecular flexibility index (Phi) is 6.84. The van der Waals surface area contributed by atoms with Crippen LogP contribution in [0.5, 0.6) is 0 Å². The monoisotopic (exact) mass is 438 g/mol. The molecule has 1 aliphatic heterocycles. The summed E-state index contributed by atoms with van der Waals surface area (Å²) in [5.74, 6) is -0.220. The summed E-state index contributed by atoms with van der Waals surface area (Å²) in [4.78, 5) is 31.0. The Hall–Kier alpha value is -2.07. The standard InChI is InChI=1S/C19H26N4O4S2/c1-3-22(11-17(24)20-14-9-10-29(26,27)13-14)18(25)12-28-19-21-15-7-5-6-8-16(15)23(19)4-2/h5-8,14H,3-4,9-13H2,1-2H3,(H,20,24). The van der Waals surface area contributed by atoms with Gasteiger partial charge in [-0.05, 0) is 32.4 Å². The number of hydrogen-bond acceptors (Lipinski definition) is 6. The molecule has 3 rings (SSSR count). The molecule has 0 bridgehead atoms. The van der Waals surface area contributed by atoms with E-state index in [0.717, 1.165) is 22.7 Å². The van der Waals surface area contributed by atoms with Gasteiger partial charge in [-0.25, -0.2) is 13.4 Å². The number of aromatic nitrogens is 2. The highest BCUT2D eigenvalue weighted by atomic mass is 32.2. The number of hydrogen-bond donors (Lipinski definition) is 1. The molecular formula is C19H26N4O4S2. The van der Waals surface area contributed by atoms with Crippen LogP contribution in [0.1, 0.15) is 20.3 Å². The van der Waals surface area contributed by atoms with Crippen molar-refractivity contribution in [2.45, 2.75) is 38.0 Å². The number of amides is 2. The average molecular weight is 439 g/mol. The van der Waals surface area contributed by atoms with Crippen LogP contribution in [0.25, 0.3) is 11.0 Å². The summed E-state index contributed by atoms with van der Waals surface area (Å²) in [6, 6.07) is 7.48. The lowest BCUT2D eigenvalue weighted by atomic mass is 10.2. The van der Waals surface area contributed by atoms with Crippen LogP contribution in [0.3, 0.4) is 0 Å². The molecule has 1 N–H and O–H groups in total. The first-order chi connectivity index (χ1) is 13.8. The Morgan fingerprint density at radius 3 is 2.72 bits per heavy atom. The molecule has 0 spiro atoms. The van der Waals surface area contributed by atoms with Crippen molar-refractivity contribution in [2.75, 3.05) is 30.3 Å². The maximum absolute atomic E-state index is 12.6. The third kappa shape index (κ3) is 5.30. The van der Waals surface area contributed by atoms with Crippen LogP contribution in [-0.4, -0.2) is 71.1 Å². The fourth-order valence-corrected chi connectivity index (χ4v) is 6.07. The molecule has 29 heavy (non-hydrogen) atoms. The van der Waals surface area contributed by atoms with E-state index in [0.29, 0.717) is 13.0 Å². The molecule has 1 unspecified atom stereocenters. The largest absolute Gasteiger partial charge is 0.351 e. The van der Waals surface area contributed by atoms with Gasteiger partial charge >= 0.3 is 0 Å². The number of likely N-dealkylation sites (N-methyl/N-ethyl adjacent to an activating group) is 1. The predicted molar refractivity (Wildman–Crippen MR) is 114 cm³/mol. The molecule has 0 aliphatic carbocycles. The zero-order valence-corrected chi connectivity index (χ0v) is 18.3. The van der Waals surface area contributed by atoms with Gasteiger partial charge in [0.15, 0.2) is 15.0 Å². The summed E-state index contributed by atoms with van der Waals surface area (Å²) in [6.45, 7) is 4.93. The molecule has 2 aromatic rings. The van der Waals surface area contributed by atoms with E-state index in [1.165, 1.54) is 16.7 Å². The molecule has 158 valence electrons. The Balaban J connectivity index is 1.57. The van der Waals surface area contributed by atoms with E-state index in [1.54, 1.807) is 0 Å². The number of carbonyl (C=O) groups excluding carboxylic acids is 2. The van der Waals surface area contributed by atoms with Crippen LogP contribution in [0, 0.1) is 0 Å². The molecule has 1 aliphatic rings. The van der Waals surface area contributed by atoms with Gasteiger partial charge in [0.05, 0.1) is 34.8 Å². The van der Waals surface area contributed by atoms with Crippen molar-refractivity contribution in [3.63, 3.8) is 0 Å². The van der Waals surface area contributed by atoms with Crippen LogP contribution < -0.4 is 5.32 Å². The molecule has 1 saturated heterocycles. The van der Waals surface area contributed by atoms with Gasteiger partial charge in [-0.2, -0.15) is 0 Å². The number of imidazole rings is 1. The molecule has 1 aromatic heterocycles. The molecule has 1 fully saturated rings. The first kappa shape index (κ1) is 21.6. The van der Waals surface area contributed by atoms with Gasteiger partial charge in [0, 0.05) is 19.1 Å². The summed E-state index contributed by atoms with van der Waals surface area (Å²) in [7, 11) is -3.06. The average Bonchev–Trinajstić information content (AvgIpc) is 3.22. The third-order valence-corrected chi connectivity index (χ3v) is 7.66. The lowest BCUT2D eigenvalue weighted by Crippen LogP contribution is -2.45. The van der Waals surface area contributed by atoms with E-state index < -0.39 is 9.84 Å². The zero-order valence-electron chi connectivity index (χ0n) is 16.6. The zero-order chi connectivity index (χ0) is 21.0. The highest BCUT2D eigenvalue weighted by molar-refractivity contribution is 7.99. The Bertz CT molecular complexity index is 1000. The van der Waals surface area contributed by atoms with Gasteiger partial charge in [0.2, 0.25) is 11.8 Å². The van der Waals surface area contributed by atoms with Crippen LogP contribution in [0.15, 0.2) is 29.4 Å². The number of nitrogens with one attached hydrogen (secondary N) is 1. The number of sulfone groups is 1. The number of nitrogens with zero attached hydrogens (tertiary/aromatic N) is 3. The molecule has 0 radical (unpaired) electrons. The first-order valence-electron chi connectivity index (χ1n) is 9.68. The minimum absolute atomic E-state index is 0.0259. The number of rotatable bonds is 8. The molecule has 1 aromatic carbocycles. The summed E-state index contributed by atoms with van der Waals surface area (Å²) in [6.07, 6.45) is 0.428. The number of aryl methyl sites for hydroxylation is 1. The van der Waals surface area contributed by atoms with E-state index >= 15 is 0 Å². The van der Waals surface area contributed by atoms with Gasteiger partial charge in [0.25, 0.3) is 0 Å². The Labute approximate surface area is 175 Å². The summed E-state index contributed by atoms with van der Waals surface area (Å²) < 4.78 is 25.1. The van der Waals surface area contributed by atoms with Crippen LogP contribution in [-0.2, 0) is 26.0 Å². The Morgan fingerprint density at radius 2 is 2.07 bits per heavy atom. The van der Waals surface area contributed by atoms with Crippen molar-refractivity contribution in [3.05, 3.63) is 24.3 Å². The Morgan fingerprint density at radius 1 is 1.31 bits per heavy atom. The second kappa shape index (κ2) is 9.17. The minimum atomic E-state index is -3.06. The van der Waals surface area contributed by atoms with E-state index in [9.17, 15) is 18.0 Å². The summed E-state index contributed by atoms with van der Waals surface area (Å²) in [5.41, 5.74) is 1.92. The maximum Gasteiger partial charge on any atom is 0.239 e. The first-order valence-corrected chi connectivity index (χ1v) is 12.5. The number of para-hydroxylation sites is 2. The highest BCUT2D eigenvalue weighted by Gasteiger charge is 2.29. The van der Waals surface area contributed by atoms with E-state index in [1.807, 2.05) is 38.1 Å². The van der Waals surface area contributed by atoms with Crippen molar-refractivity contribution in [1.29, 1.82) is 0 Å². The number of carbonyl (C=O) groups is 2. The van der Waals surface area contributed by atoms with E-state index in [4.69, 9.17) is 0 Å². The number of fused-ring (bicyclic) bond motifs is 1. The fourth-order valence-electron chi connectivity index (χ4n) is 3.42. The summed E-state index contributed by atoms with van der Waals surface area (Å²) >= 11 is 1.36.